The third-order valence-corrected chi connectivity index (χ3v) is 5.53. The van der Waals surface area contributed by atoms with Crippen molar-refractivity contribution in [3.63, 3.8) is 0 Å². The smallest absolute Gasteiger partial charge is 0.0595 e. The molecule has 0 bridgehead atoms. The molecule has 1 aliphatic rings. The maximum atomic E-state index is 6.26. The molecule has 0 N–H and O–H groups in total. The number of ether oxygens (including phenoxy) is 1. The predicted molar refractivity (Wildman–Crippen MR) is 86.9 cm³/mol. The average molecular weight is 315 g/mol. The van der Waals surface area contributed by atoms with Crippen LogP contribution in [0.5, 0.6) is 0 Å². The number of hydrogen-bond donors (Lipinski definition) is 0. The van der Waals surface area contributed by atoms with Crippen molar-refractivity contribution >= 4 is 23.2 Å². The first-order valence-electron chi connectivity index (χ1n) is 7.67. The number of rotatable bonds is 5. The molecule has 20 heavy (non-hydrogen) atoms. The summed E-state index contributed by atoms with van der Waals surface area (Å²) in [5, 5.41) is 1.31. The summed E-state index contributed by atoms with van der Waals surface area (Å²) in [7, 11) is 0. The molecule has 1 heterocycles. The summed E-state index contributed by atoms with van der Waals surface area (Å²) in [5.41, 5.74) is 1.55. The highest BCUT2D eigenvalue weighted by molar-refractivity contribution is 6.42. The second-order valence-electron chi connectivity index (χ2n) is 5.79. The van der Waals surface area contributed by atoms with Crippen LogP contribution < -0.4 is 0 Å². The summed E-state index contributed by atoms with van der Waals surface area (Å²) in [4.78, 5) is 0. The van der Waals surface area contributed by atoms with Crippen LogP contribution in [0.1, 0.15) is 51.5 Å². The van der Waals surface area contributed by atoms with Gasteiger partial charge in [-0.05, 0) is 42.9 Å². The topological polar surface area (TPSA) is 9.23 Å². The zero-order chi connectivity index (χ0) is 14.6. The minimum Gasteiger partial charge on any atom is -0.381 e. The largest absolute Gasteiger partial charge is 0.381 e. The molecule has 1 aromatic carbocycles. The predicted octanol–water partition coefficient (Wildman–Crippen LogP) is 5.87. The van der Waals surface area contributed by atoms with Crippen LogP contribution in [-0.4, -0.2) is 13.2 Å². The monoisotopic (exact) mass is 314 g/mol. The standard InChI is InChI=1S/C17H24Cl2O/c1-3-5-13(4-2)17(8-10-20-11-9-17)14-6-7-15(18)16(19)12-14/h6-7,12-13H,3-5,8-11H2,1-2H3. The van der Waals surface area contributed by atoms with Gasteiger partial charge in [-0.3, -0.25) is 0 Å². The van der Waals surface area contributed by atoms with E-state index in [-0.39, 0.29) is 5.41 Å². The third kappa shape index (κ3) is 3.16. The van der Waals surface area contributed by atoms with Crippen molar-refractivity contribution < 1.29 is 4.74 Å². The lowest BCUT2D eigenvalue weighted by molar-refractivity contribution is 0.0223. The van der Waals surface area contributed by atoms with Gasteiger partial charge in [0.25, 0.3) is 0 Å². The van der Waals surface area contributed by atoms with Crippen molar-refractivity contribution in [2.45, 2.75) is 51.4 Å². The molecule has 0 radical (unpaired) electrons. The number of benzene rings is 1. The zero-order valence-corrected chi connectivity index (χ0v) is 13.9. The van der Waals surface area contributed by atoms with Gasteiger partial charge in [-0.2, -0.15) is 0 Å². The van der Waals surface area contributed by atoms with Crippen LogP contribution in [0, 0.1) is 5.92 Å². The fourth-order valence-electron chi connectivity index (χ4n) is 3.69. The molecule has 0 amide bonds. The molecule has 0 aromatic heterocycles. The van der Waals surface area contributed by atoms with E-state index in [1.807, 2.05) is 6.07 Å². The Balaban J connectivity index is 2.41. The van der Waals surface area contributed by atoms with Gasteiger partial charge in [-0.15, -0.1) is 0 Å². The summed E-state index contributed by atoms with van der Waals surface area (Å²) in [6, 6.07) is 6.18. The van der Waals surface area contributed by atoms with Crippen molar-refractivity contribution in [2.24, 2.45) is 5.92 Å². The van der Waals surface area contributed by atoms with Crippen LogP contribution in [0.2, 0.25) is 10.0 Å². The van der Waals surface area contributed by atoms with E-state index in [9.17, 15) is 0 Å². The summed E-state index contributed by atoms with van der Waals surface area (Å²) in [6.07, 6.45) is 5.86. The molecule has 1 nitrogen and oxygen atoms in total. The molecule has 0 spiro atoms. The lowest BCUT2D eigenvalue weighted by atomic mass is 9.63. The Morgan fingerprint density at radius 1 is 1.15 bits per heavy atom. The van der Waals surface area contributed by atoms with Gasteiger partial charge >= 0.3 is 0 Å². The van der Waals surface area contributed by atoms with E-state index in [0.29, 0.717) is 16.0 Å². The van der Waals surface area contributed by atoms with Gasteiger partial charge in [0.15, 0.2) is 0 Å². The Morgan fingerprint density at radius 3 is 2.40 bits per heavy atom. The molecule has 112 valence electrons. The average Bonchev–Trinajstić information content (AvgIpc) is 2.48. The quantitative estimate of drug-likeness (QED) is 0.660. The van der Waals surface area contributed by atoms with Gasteiger partial charge < -0.3 is 4.74 Å². The summed E-state index contributed by atoms with van der Waals surface area (Å²) in [6.45, 7) is 6.26. The lowest BCUT2D eigenvalue weighted by Gasteiger charge is -2.44. The molecule has 1 fully saturated rings. The molecule has 1 unspecified atom stereocenters. The van der Waals surface area contributed by atoms with E-state index in [1.165, 1.54) is 24.8 Å². The van der Waals surface area contributed by atoms with Crippen LogP contribution >= 0.6 is 23.2 Å². The molecule has 1 aromatic rings. The Kier molecular flexibility index (Phi) is 5.77. The molecular weight excluding hydrogens is 291 g/mol. The molecule has 1 saturated heterocycles. The first-order valence-corrected chi connectivity index (χ1v) is 8.43. The second-order valence-corrected chi connectivity index (χ2v) is 6.61. The molecule has 1 atom stereocenters. The molecule has 0 aliphatic carbocycles. The Hall–Kier alpha value is -0.240. The highest BCUT2D eigenvalue weighted by Gasteiger charge is 2.40. The minimum absolute atomic E-state index is 0.206. The fourth-order valence-corrected chi connectivity index (χ4v) is 3.99. The SMILES string of the molecule is CCCC(CC)C1(c2ccc(Cl)c(Cl)c2)CCOCC1. The summed E-state index contributed by atoms with van der Waals surface area (Å²) in [5.74, 6) is 0.689. The van der Waals surface area contributed by atoms with E-state index in [4.69, 9.17) is 27.9 Å². The van der Waals surface area contributed by atoms with E-state index < -0.39 is 0 Å². The first-order chi connectivity index (χ1) is 9.64. The highest BCUT2D eigenvalue weighted by Crippen LogP contribution is 2.46. The Morgan fingerprint density at radius 2 is 1.85 bits per heavy atom. The first kappa shape index (κ1) is 16.1. The summed E-state index contributed by atoms with van der Waals surface area (Å²) < 4.78 is 5.61. The van der Waals surface area contributed by atoms with Crippen LogP contribution in [0.3, 0.4) is 0 Å². The van der Waals surface area contributed by atoms with Gasteiger partial charge in [0.2, 0.25) is 0 Å². The van der Waals surface area contributed by atoms with Gasteiger partial charge in [0.05, 0.1) is 10.0 Å². The molecule has 1 aliphatic heterocycles. The Labute approximate surface area is 132 Å². The zero-order valence-electron chi connectivity index (χ0n) is 12.4. The van der Waals surface area contributed by atoms with Gasteiger partial charge in [-0.25, -0.2) is 0 Å². The fraction of sp³-hybridized carbons (Fsp3) is 0.647. The van der Waals surface area contributed by atoms with Crippen molar-refractivity contribution in [3.8, 4) is 0 Å². The van der Waals surface area contributed by atoms with E-state index in [0.717, 1.165) is 26.1 Å². The normalized spacial score (nSPS) is 19.8. The number of halogens is 2. The molecule has 0 saturated carbocycles. The highest BCUT2D eigenvalue weighted by atomic mass is 35.5. The Bertz CT molecular complexity index is 439. The van der Waals surface area contributed by atoms with Gasteiger partial charge in [0.1, 0.15) is 0 Å². The lowest BCUT2D eigenvalue weighted by Crippen LogP contribution is -2.40. The maximum Gasteiger partial charge on any atom is 0.0595 e. The van der Waals surface area contributed by atoms with E-state index >= 15 is 0 Å². The second kappa shape index (κ2) is 7.15. The maximum absolute atomic E-state index is 6.26. The van der Waals surface area contributed by atoms with E-state index in [2.05, 4.69) is 26.0 Å². The van der Waals surface area contributed by atoms with Crippen molar-refractivity contribution in [2.75, 3.05) is 13.2 Å². The van der Waals surface area contributed by atoms with Crippen LogP contribution in [-0.2, 0) is 10.2 Å². The summed E-state index contributed by atoms with van der Waals surface area (Å²) >= 11 is 12.3. The van der Waals surface area contributed by atoms with Crippen molar-refractivity contribution in [1.82, 2.24) is 0 Å². The molecular formula is C17H24Cl2O. The van der Waals surface area contributed by atoms with Crippen molar-refractivity contribution in [3.05, 3.63) is 33.8 Å². The molecule has 2 rings (SSSR count). The van der Waals surface area contributed by atoms with Gasteiger partial charge in [-0.1, -0.05) is 56.0 Å². The minimum atomic E-state index is 0.206. The van der Waals surface area contributed by atoms with E-state index in [1.54, 1.807) is 0 Å². The third-order valence-electron chi connectivity index (χ3n) is 4.79. The van der Waals surface area contributed by atoms with Crippen LogP contribution in [0.25, 0.3) is 0 Å². The van der Waals surface area contributed by atoms with Crippen LogP contribution in [0.4, 0.5) is 0 Å². The van der Waals surface area contributed by atoms with Crippen LogP contribution in [0.15, 0.2) is 18.2 Å². The van der Waals surface area contributed by atoms with Crippen molar-refractivity contribution in [1.29, 1.82) is 0 Å². The molecule has 3 heteroatoms. The number of hydrogen-bond acceptors (Lipinski definition) is 1. The van der Waals surface area contributed by atoms with Gasteiger partial charge in [0, 0.05) is 18.6 Å².